The van der Waals surface area contributed by atoms with Crippen LogP contribution in [-0.4, -0.2) is 40.1 Å². The molecular weight excluding hydrogens is 381 g/mol. The van der Waals surface area contributed by atoms with E-state index < -0.39 is 0 Å². The molecule has 2 aliphatic rings. The summed E-state index contributed by atoms with van der Waals surface area (Å²) in [6.45, 7) is 0.617. The van der Waals surface area contributed by atoms with Crippen molar-refractivity contribution in [3.8, 4) is 11.1 Å². The highest BCUT2D eigenvalue weighted by atomic mass is 19.1. The lowest BCUT2D eigenvalue weighted by Gasteiger charge is -2.39. The van der Waals surface area contributed by atoms with E-state index in [9.17, 15) is 14.3 Å². The van der Waals surface area contributed by atoms with Crippen LogP contribution in [0.3, 0.4) is 0 Å². The van der Waals surface area contributed by atoms with Gasteiger partial charge in [0.05, 0.1) is 24.3 Å². The van der Waals surface area contributed by atoms with Crippen molar-refractivity contribution in [2.45, 2.75) is 18.5 Å². The molecule has 2 aromatic carbocycles. The minimum Gasteiger partial charge on any atom is -0.394 e. The van der Waals surface area contributed by atoms with Crippen molar-refractivity contribution in [2.75, 3.05) is 18.5 Å². The first kappa shape index (κ1) is 18.8. The summed E-state index contributed by atoms with van der Waals surface area (Å²) in [6.07, 6.45) is 4.04. The number of amides is 1. The second-order valence-electron chi connectivity index (χ2n) is 7.88. The zero-order valence-corrected chi connectivity index (χ0v) is 16.3. The van der Waals surface area contributed by atoms with Crippen molar-refractivity contribution in [3.05, 3.63) is 83.9 Å². The van der Waals surface area contributed by atoms with Crippen LogP contribution in [0.5, 0.6) is 0 Å². The lowest BCUT2D eigenvalue weighted by atomic mass is 9.82. The second kappa shape index (κ2) is 7.54. The Balaban J connectivity index is 1.58. The minimum atomic E-state index is -0.282. The molecule has 0 spiro atoms. The molecule has 2 N–H and O–H groups in total. The van der Waals surface area contributed by atoms with Crippen LogP contribution in [0.1, 0.15) is 28.4 Å². The van der Waals surface area contributed by atoms with Gasteiger partial charge in [-0.05, 0) is 59.5 Å². The molecule has 5 nitrogen and oxygen atoms in total. The number of anilines is 1. The summed E-state index contributed by atoms with van der Waals surface area (Å²) in [5.41, 5.74) is 4.15. The van der Waals surface area contributed by atoms with Crippen LogP contribution in [0.25, 0.3) is 11.1 Å². The van der Waals surface area contributed by atoms with E-state index in [0.29, 0.717) is 12.1 Å². The van der Waals surface area contributed by atoms with Gasteiger partial charge in [0, 0.05) is 30.5 Å². The van der Waals surface area contributed by atoms with E-state index in [4.69, 9.17) is 0 Å². The maximum atomic E-state index is 13.8. The monoisotopic (exact) mass is 403 g/mol. The molecule has 1 fully saturated rings. The topological polar surface area (TPSA) is 65.5 Å². The van der Waals surface area contributed by atoms with Crippen LogP contribution in [0.15, 0.2) is 67.0 Å². The third-order valence-electron chi connectivity index (χ3n) is 6.20. The zero-order valence-electron chi connectivity index (χ0n) is 16.3. The van der Waals surface area contributed by atoms with Gasteiger partial charge in [0.15, 0.2) is 0 Å². The van der Waals surface area contributed by atoms with E-state index in [2.05, 4.69) is 10.3 Å². The molecule has 1 aromatic heterocycles. The van der Waals surface area contributed by atoms with Crippen molar-refractivity contribution >= 4 is 11.6 Å². The number of pyridine rings is 1. The van der Waals surface area contributed by atoms with Crippen LogP contribution in [0.2, 0.25) is 0 Å². The Hall–Kier alpha value is -3.25. The quantitative estimate of drug-likeness (QED) is 0.697. The number of nitrogens with zero attached hydrogens (tertiary/aromatic N) is 2. The zero-order chi connectivity index (χ0) is 20.7. The summed E-state index contributed by atoms with van der Waals surface area (Å²) in [5, 5.41) is 13.4. The van der Waals surface area contributed by atoms with Crippen LogP contribution in [-0.2, 0) is 0 Å². The number of carbonyl (C=O) groups is 1. The first-order valence-electron chi connectivity index (χ1n) is 10.1. The molecule has 2 aliphatic heterocycles. The van der Waals surface area contributed by atoms with Gasteiger partial charge in [-0.3, -0.25) is 9.78 Å². The molecule has 30 heavy (non-hydrogen) atoms. The van der Waals surface area contributed by atoms with E-state index in [-0.39, 0.29) is 36.3 Å². The Labute approximate surface area is 174 Å². The van der Waals surface area contributed by atoms with Gasteiger partial charge in [0.25, 0.3) is 5.91 Å². The summed E-state index contributed by atoms with van der Waals surface area (Å²) >= 11 is 0. The lowest BCUT2D eigenvalue weighted by Crippen LogP contribution is -2.42. The van der Waals surface area contributed by atoms with Crippen LogP contribution < -0.4 is 5.32 Å². The third kappa shape index (κ3) is 3.13. The van der Waals surface area contributed by atoms with E-state index in [1.165, 1.54) is 12.1 Å². The van der Waals surface area contributed by atoms with Gasteiger partial charge in [0.1, 0.15) is 5.82 Å². The minimum absolute atomic E-state index is 0.00117. The molecule has 5 rings (SSSR count). The molecule has 6 heteroatoms. The Morgan fingerprint density at radius 2 is 2.03 bits per heavy atom. The smallest absolute Gasteiger partial charge is 0.255 e. The predicted octanol–water partition coefficient (Wildman–Crippen LogP) is 3.88. The Morgan fingerprint density at radius 1 is 1.17 bits per heavy atom. The normalized spacial score (nSPS) is 22.2. The predicted molar refractivity (Wildman–Crippen MR) is 112 cm³/mol. The van der Waals surface area contributed by atoms with Crippen molar-refractivity contribution in [1.29, 1.82) is 0 Å². The van der Waals surface area contributed by atoms with Gasteiger partial charge in [0.2, 0.25) is 0 Å². The van der Waals surface area contributed by atoms with Crippen molar-refractivity contribution in [2.24, 2.45) is 5.92 Å². The number of nitrogens with one attached hydrogen (secondary N) is 1. The Kier molecular flexibility index (Phi) is 4.71. The number of benzene rings is 2. The number of likely N-dealkylation sites (tertiary alicyclic amines) is 1. The fourth-order valence-corrected chi connectivity index (χ4v) is 4.79. The molecule has 0 unspecified atom stereocenters. The van der Waals surface area contributed by atoms with Gasteiger partial charge in [-0.2, -0.15) is 0 Å². The average molecular weight is 403 g/mol. The molecule has 0 aliphatic carbocycles. The van der Waals surface area contributed by atoms with Crippen molar-refractivity contribution in [1.82, 2.24) is 9.88 Å². The van der Waals surface area contributed by atoms with Crippen LogP contribution in [0.4, 0.5) is 10.1 Å². The molecule has 3 aromatic rings. The first-order valence-corrected chi connectivity index (χ1v) is 10.1. The van der Waals surface area contributed by atoms with Crippen molar-refractivity contribution in [3.63, 3.8) is 0 Å². The Morgan fingerprint density at radius 3 is 2.80 bits per heavy atom. The largest absolute Gasteiger partial charge is 0.394 e. The molecule has 152 valence electrons. The van der Waals surface area contributed by atoms with Crippen LogP contribution >= 0.6 is 0 Å². The van der Waals surface area contributed by atoms with E-state index in [1.54, 1.807) is 30.6 Å². The summed E-state index contributed by atoms with van der Waals surface area (Å²) in [7, 11) is 0. The summed E-state index contributed by atoms with van der Waals surface area (Å²) < 4.78 is 13.8. The van der Waals surface area contributed by atoms with Crippen LogP contribution in [0, 0.1) is 11.7 Å². The molecule has 3 heterocycles. The fraction of sp³-hybridized carbons (Fsp3) is 0.250. The number of rotatable bonds is 3. The van der Waals surface area contributed by atoms with Gasteiger partial charge < -0.3 is 15.3 Å². The number of fused-ring (bicyclic) bond motifs is 3. The van der Waals surface area contributed by atoms with Gasteiger partial charge in [-0.25, -0.2) is 4.39 Å². The fourth-order valence-electron chi connectivity index (χ4n) is 4.79. The van der Waals surface area contributed by atoms with E-state index >= 15 is 0 Å². The molecule has 1 saturated heterocycles. The third-order valence-corrected chi connectivity index (χ3v) is 6.20. The molecule has 1 amide bonds. The molecular formula is C24H22FN3O2. The SMILES string of the molecule is O=C(c1cccnc1)N1CC[C@@H]2[C@H](CO)Nc3ccc(-c4cccc(F)c4)cc3[C@@H]21. The highest BCUT2D eigenvalue weighted by Gasteiger charge is 2.45. The first-order chi connectivity index (χ1) is 14.7. The molecule has 0 saturated carbocycles. The highest BCUT2D eigenvalue weighted by Crippen LogP contribution is 2.47. The number of aliphatic hydroxyl groups excluding tert-OH is 1. The number of hydrogen-bond acceptors (Lipinski definition) is 4. The lowest BCUT2D eigenvalue weighted by molar-refractivity contribution is 0.0700. The summed E-state index contributed by atoms with van der Waals surface area (Å²) in [6, 6.07) is 15.7. The van der Waals surface area contributed by atoms with E-state index in [0.717, 1.165) is 28.8 Å². The Bertz CT molecular complexity index is 1090. The van der Waals surface area contributed by atoms with Gasteiger partial charge >= 0.3 is 0 Å². The maximum absolute atomic E-state index is 13.8. The van der Waals surface area contributed by atoms with E-state index in [1.807, 2.05) is 29.2 Å². The number of hydrogen-bond donors (Lipinski definition) is 2. The number of carbonyl (C=O) groups excluding carboxylic acids is 1. The second-order valence-corrected chi connectivity index (χ2v) is 7.88. The molecule has 0 radical (unpaired) electrons. The average Bonchev–Trinajstić information content (AvgIpc) is 3.24. The molecule has 3 atom stereocenters. The summed E-state index contributed by atoms with van der Waals surface area (Å²) in [5.74, 6) is -0.238. The summed E-state index contributed by atoms with van der Waals surface area (Å²) in [4.78, 5) is 19.2. The maximum Gasteiger partial charge on any atom is 0.255 e. The number of aliphatic hydroxyl groups is 1. The standard InChI is InChI=1S/C24H22FN3O2/c25-18-5-1-3-15(11-18)16-6-7-21-20(12-16)23-19(22(14-29)27-21)8-10-28(23)24(30)17-4-2-9-26-13-17/h1-7,9,11-13,19,22-23,27,29H,8,10,14H2/t19-,22+,23-/m1/s1. The van der Waals surface area contributed by atoms with Crippen molar-refractivity contribution < 1.29 is 14.3 Å². The van der Waals surface area contributed by atoms with Gasteiger partial charge in [-0.15, -0.1) is 0 Å². The highest BCUT2D eigenvalue weighted by molar-refractivity contribution is 5.94. The number of aromatic nitrogens is 1. The number of halogens is 1. The molecule has 0 bridgehead atoms. The van der Waals surface area contributed by atoms with Gasteiger partial charge in [-0.1, -0.05) is 18.2 Å².